The van der Waals surface area contributed by atoms with Crippen LogP contribution < -0.4 is 10.1 Å². The van der Waals surface area contributed by atoms with Crippen LogP contribution in [0.5, 0.6) is 5.75 Å². The summed E-state index contributed by atoms with van der Waals surface area (Å²) in [5, 5.41) is 13.1. The fourth-order valence-electron chi connectivity index (χ4n) is 2.01. The van der Waals surface area contributed by atoms with Crippen molar-refractivity contribution in [2.24, 2.45) is 0 Å². The van der Waals surface area contributed by atoms with Gasteiger partial charge in [-0.25, -0.2) is 4.98 Å². The number of aryl methyl sites for hydroxylation is 2. The molecule has 2 N–H and O–H groups in total. The molecule has 1 amide bonds. The predicted octanol–water partition coefficient (Wildman–Crippen LogP) is 2.90. The van der Waals surface area contributed by atoms with Crippen molar-refractivity contribution in [1.82, 2.24) is 4.98 Å². The Bertz CT molecular complexity index is 652. The van der Waals surface area contributed by atoms with Crippen molar-refractivity contribution in [2.75, 3.05) is 11.9 Å². The maximum absolute atomic E-state index is 12.2. The smallest absolute Gasteiger partial charge is 0.267 e. The van der Waals surface area contributed by atoms with Crippen molar-refractivity contribution in [2.45, 2.75) is 27.4 Å². The molecule has 2 aromatic rings. The van der Waals surface area contributed by atoms with Gasteiger partial charge in [0.1, 0.15) is 10.6 Å². The Balaban J connectivity index is 2.19. The quantitative estimate of drug-likeness (QED) is 0.891. The van der Waals surface area contributed by atoms with Crippen molar-refractivity contribution >= 4 is 22.9 Å². The molecular weight excluding hydrogens is 288 g/mol. The van der Waals surface area contributed by atoms with Crippen molar-refractivity contribution in [3.63, 3.8) is 0 Å². The molecule has 0 atom stereocenters. The number of hydrogen-bond donors (Lipinski definition) is 2. The van der Waals surface area contributed by atoms with E-state index in [-0.39, 0.29) is 12.5 Å². The maximum atomic E-state index is 12.2. The summed E-state index contributed by atoms with van der Waals surface area (Å²) in [5.41, 5.74) is 1.99. The van der Waals surface area contributed by atoms with Gasteiger partial charge in [0, 0.05) is 11.3 Å². The molecule has 0 aliphatic heterocycles. The molecule has 0 fully saturated rings. The van der Waals surface area contributed by atoms with Crippen molar-refractivity contribution < 1.29 is 14.6 Å². The number of aromatic nitrogens is 1. The van der Waals surface area contributed by atoms with Crippen LogP contribution in [-0.4, -0.2) is 22.6 Å². The summed E-state index contributed by atoms with van der Waals surface area (Å²) in [6.45, 7) is 5.95. The van der Waals surface area contributed by atoms with Gasteiger partial charge in [-0.15, -0.1) is 11.3 Å². The van der Waals surface area contributed by atoms with E-state index in [2.05, 4.69) is 10.3 Å². The van der Waals surface area contributed by atoms with E-state index in [0.717, 1.165) is 10.7 Å². The first-order chi connectivity index (χ1) is 10.0. The van der Waals surface area contributed by atoms with Crippen LogP contribution in [0.2, 0.25) is 0 Å². The second kappa shape index (κ2) is 6.69. The number of ether oxygens (including phenoxy) is 1. The molecule has 0 saturated heterocycles. The van der Waals surface area contributed by atoms with E-state index >= 15 is 0 Å². The second-order valence-electron chi connectivity index (χ2n) is 4.52. The third kappa shape index (κ3) is 3.59. The summed E-state index contributed by atoms with van der Waals surface area (Å²) < 4.78 is 5.41. The molecule has 0 bridgehead atoms. The number of aliphatic hydroxyl groups excluding tert-OH is 1. The Kier molecular flexibility index (Phi) is 4.93. The summed E-state index contributed by atoms with van der Waals surface area (Å²) in [6.07, 6.45) is 0. The zero-order valence-electron chi connectivity index (χ0n) is 12.3. The van der Waals surface area contributed by atoms with Gasteiger partial charge < -0.3 is 15.2 Å². The number of carbonyl (C=O) groups is 1. The minimum atomic E-state index is -0.189. The molecular formula is C15H18N2O3S. The van der Waals surface area contributed by atoms with E-state index in [1.165, 1.54) is 11.3 Å². The fourth-order valence-corrected chi connectivity index (χ4v) is 2.82. The maximum Gasteiger partial charge on any atom is 0.267 e. The lowest BCUT2D eigenvalue weighted by atomic mass is 10.2. The SMILES string of the molecule is CCOc1ccc(NC(=O)c2sc(C)nc2C)cc1CO. The van der Waals surface area contributed by atoms with Crippen molar-refractivity contribution in [3.05, 3.63) is 39.3 Å². The largest absolute Gasteiger partial charge is 0.494 e. The lowest BCUT2D eigenvalue weighted by Crippen LogP contribution is -2.12. The number of nitrogens with one attached hydrogen (secondary N) is 1. The molecule has 0 radical (unpaired) electrons. The van der Waals surface area contributed by atoms with Crippen LogP contribution in [-0.2, 0) is 6.61 Å². The highest BCUT2D eigenvalue weighted by Gasteiger charge is 2.14. The highest BCUT2D eigenvalue weighted by atomic mass is 32.1. The van der Waals surface area contributed by atoms with Crippen LogP contribution in [0.1, 0.15) is 32.9 Å². The minimum Gasteiger partial charge on any atom is -0.494 e. The third-order valence-electron chi connectivity index (χ3n) is 2.90. The highest BCUT2D eigenvalue weighted by Crippen LogP contribution is 2.24. The number of amides is 1. The molecule has 1 heterocycles. The van der Waals surface area contributed by atoms with Gasteiger partial charge in [-0.2, -0.15) is 0 Å². The number of rotatable bonds is 5. The van der Waals surface area contributed by atoms with Crippen LogP contribution in [0, 0.1) is 13.8 Å². The Morgan fingerprint density at radius 2 is 2.19 bits per heavy atom. The number of carbonyl (C=O) groups excluding carboxylic acids is 1. The second-order valence-corrected chi connectivity index (χ2v) is 5.72. The lowest BCUT2D eigenvalue weighted by molar-refractivity contribution is 0.102. The first kappa shape index (κ1) is 15.5. The monoisotopic (exact) mass is 306 g/mol. The average Bonchev–Trinajstić information content (AvgIpc) is 2.79. The van der Waals surface area contributed by atoms with Gasteiger partial charge >= 0.3 is 0 Å². The first-order valence-corrected chi connectivity index (χ1v) is 7.48. The van der Waals surface area contributed by atoms with Gasteiger partial charge in [-0.05, 0) is 39.0 Å². The van der Waals surface area contributed by atoms with E-state index in [1.807, 2.05) is 20.8 Å². The topological polar surface area (TPSA) is 71.5 Å². The van der Waals surface area contributed by atoms with Gasteiger partial charge in [-0.3, -0.25) is 4.79 Å². The highest BCUT2D eigenvalue weighted by molar-refractivity contribution is 7.13. The van der Waals surface area contributed by atoms with Gasteiger partial charge in [0.25, 0.3) is 5.91 Å². The number of anilines is 1. The van der Waals surface area contributed by atoms with Gasteiger partial charge in [0.15, 0.2) is 0 Å². The van der Waals surface area contributed by atoms with E-state index in [0.29, 0.717) is 28.5 Å². The molecule has 6 heteroatoms. The normalized spacial score (nSPS) is 10.5. The number of thiazole rings is 1. The van der Waals surface area contributed by atoms with Crippen LogP contribution >= 0.6 is 11.3 Å². The van der Waals surface area contributed by atoms with E-state index in [9.17, 15) is 9.90 Å². The molecule has 21 heavy (non-hydrogen) atoms. The molecule has 1 aromatic carbocycles. The summed E-state index contributed by atoms with van der Waals surface area (Å²) in [7, 11) is 0. The molecule has 0 aliphatic carbocycles. The predicted molar refractivity (Wildman–Crippen MR) is 83.1 cm³/mol. The molecule has 112 valence electrons. The fraction of sp³-hybridized carbons (Fsp3) is 0.333. The number of hydrogen-bond acceptors (Lipinski definition) is 5. The minimum absolute atomic E-state index is 0.141. The molecule has 0 unspecified atom stereocenters. The van der Waals surface area contributed by atoms with Crippen LogP contribution in [0.15, 0.2) is 18.2 Å². The number of nitrogens with zero attached hydrogens (tertiary/aromatic N) is 1. The van der Waals surface area contributed by atoms with E-state index in [4.69, 9.17) is 4.74 Å². The number of benzene rings is 1. The molecule has 0 aliphatic rings. The molecule has 2 rings (SSSR count). The zero-order chi connectivity index (χ0) is 15.4. The lowest BCUT2D eigenvalue weighted by Gasteiger charge is -2.11. The van der Waals surface area contributed by atoms with Gasteiger partial charge in [0.05, 0.1) is 23.9 Å². The summed E-state index contributed by atoms with van der Waals surface area (Å²) in [5.74, 6) is 0.439. The number of aliphatic hydroxyl groups is 1. The van der Waals surface area contributed by atoms with Gasteiger partial charge in [-0.1, -0.05) is 0 Å². The average molecular weight is 306 g/mol. The molecule has 1 aromatic heterocycles. The molecule has 0 spiro atoms. The third-order valence-corrected chi connectivity index (χ3v) is 3.97. The van der Waals surface area contributed by atoms with Crippen molar-refractivity contribution in [1.29, 1.82) is 0 Å². The molecule has 5 nitrogen and oxygen atoms in total. The van der Waals surface area contributed by atoms with Crippen LogP contribution in [0.25, 0.3) is 0 Å². The van der Waals surface area contributed by atoms with Crippen molar-refractivity contribution in [3.8, 4) is 5.75 Å². The zero-order valence-corrected chi connectivity index (χ0v) is 13.1. The Hall–Kier alpha value is -1.92. The standard InChI is InChI=1S/C15H18N2O3S/c1-4-20-13-6-5-12(7-11(13)8-18)17-15(19)14-9(2)16-10(3)21-14/h5-7,18H,4,8H2,1-3H3,(H,17,19). The Morgan fingerprint density at radius 1 is 1.43 bits per heavy atom. The van der Waals surface area contributed by atoms with E-state index in [1.54, 1.807) is 18.2 Å². The summed E-state index contributed by atoms with van der Waals surface area (Å²) in [6, 6.07) is 5.22. The summed E-state index contributed by atoms with van der Waals surface area (Å²) in [4.78, 5) is 17.1. The molecule has 0 saturated carbocycles. The van der Waals surface area contributed by atoms with Gasteiger partial charge in [0.2, 0.25) is 0 Å². The van der Waals surface area contributed by atoms with E-state index < -0.39 is 0 Å². The van der Waals surface area contributed by atoms with Crippen LogP contribution in [0.4, 0.5) is 5.69 Å². The first-order valence-electron chi connectivity index (χ1n) is 6.67. The summed E-state index contributed by atoms with van der Waals surface area (Å²) >= 11 is 1.37. The Morgan fingerprint density at radius 3 is 2.76 bits per heavy atom. The Labute approximate surface area is 127 Å². The van der Waals surface area contributed by atoms with Crippen LogP contribution in [0.3, 0.4) is 0 Å².